The van der Waals surface area contributed by atoms with E-state index in [0.717, 1.165) is 32.2 Å². The zero-order chi connectivity index (χ0) is 9.90. The Kier molecular flexibility index (Phi) is 3.74. The van der Waals surface area contributed by atoms with Crippen LogP contribution in [0.3, 0.4) is 0 Å². The molecule has 0 aliphatic carbocycles. The largest absolute Gasteiger partial charge is 0.212 e. The van der Waals surface area contributed by atoms with Gasteiger partial charge in [0.15, 0.2) is 0 Å². The number of nitrogens with zero attached hydrogens (tertiary/aromatic N) is 1. The van der Waals surface area contributed by atoms with Crippen LogP contribution in [0.15, 0.2) is 0 Å². The lowest BCUT2D eigenvalue weighted by atomic mass is 10.0. The number of piperidine rings is 1. The Morgan fingerprint density at radius 3 is 2.62 bits per heavy atom. The normalized spacial score (nSPS) is 26.2. The minimum Gasteiger partial charge on any atom is -0.212 e. The average molecular weight is 205 g/mol. The van der Waals surface area contributed by atoms with E-state index < -0.39 is 10.0 Å². The number of hydrogen-bond donors (Lipinski definition) is 0. The zero-order valence-electron chi connectivity index (χ0n) is 8.49. The van der Waals surface area contributed by atoms with Crippen LogP contribution >= 0.6 is 0 Å². The molecule has 1 heterocycles. The summed E-state index contributed by atoms with van der Waals surface area (Å²) in [6.45, 7) is 2.83. The molecule has 1 aliphatic rings. The molecule has 1 fully saturated rings. The maximum atomic E-state index is 11.4. The Hall–Kier alpha value is -0.0900. The van der Waals surface area contributed by atoms with Gasteiger partial charge in [-0.05, 0) is 19.3 Å². The highest BCUT2D eigenvalue weighted by Crippen LogP contribution is 2.22. The van der Waals surface area contributed by atoms with Crippen molar-refractivity contribution in [3.63, 3.8) is 0 Å². The molecule has 0 radical (unpaired) electrons. The van der Waals surface area contributed by atoms with Gasteiger partial charge in [0.05, 0.1) is 6.26 Å². The van der Waals surface area contributed by atoms with E-state index in [1.807, 2.05) is 0 Å². The van der Waals surface area contributed by atoms with Crippen molar-refractivity contribution in [3.8, 4) is 0 Å². The molecule has 0 spiro atoms. The lowest BCUT2D eigenvalue weighted by molar-refractivity contribution is 0.241. The summed E-state index contributed by atoms with van der Waals surface area (Å²) in [7, 11) is -2.96. The molecule has 1 saturated heterocycles. The lowest BCUT2D eigenvalue weighted by Gasteiger charge is -2.33. The van der Waals surface area contributed by atoms with Crippen molar-refractivity contribution in [2.75, 3.05) is 12.8 Å². The summed E-state index contributed by atoms with van der Waals surface area (Å²) in [5, 5.41) is 0. The molecule has 1 rings (SSSR count). The highest BCUT2D eigenvalue weighted by molar-refractivity contribution is 7.88. The second-order valence-corrected chi connectivity index (χ2v) is 5.75. The smallest absolute Gasteiger partial charge is 0.211 e. The molecule has 0 bridgehead atoms. The quantitative estimate of drug-likeness (QED) is 0.702. The number of hydrogen-bond acceptors (Lipinski definition) is 2. The average Bonchev–Trinajstić information content (AvgIpc) is 2.04. The molecule has 1 atom stereocenters. The highest BCUT2D eigenvalue weighted by Gasteiger charge is 2.28. The van der Waals surface area contributed by atoms with Crippen molar-refractivity contribution in [2.45, 2.75) is 45.1 Å². The summed E-state index contributed by atoms with van der Waals surface area (Å²) in [6.07, 6.45) is 6.63. The first-order chi connectivity index (χ1) is 6.05. The van der Waals surface area contributed by atoms with Crippen LogP contribution in [0.5, 0.6) is 0 Å². The Morgan fingerprint density at radius 1 is 1.38 bits per heavy atom. The van der Waals surface area contributed by atoms with Crippen LogP contribution in [0.25, 0.3) is 0 Å². The van der Waals surface area contributed by atoms with Gasteiger partial charge >= 0.3 is 0 Å². The second-order valence-electron chi connectivity index (χ2n) is 3.81. The van der Waals surface area contributed by atoms with Crippen molar-refractivity contribution in [1.82, 2.24) is 4.31 Å². The van der Waals surface area contributed by atoms with E-state index in [1.54, 1.807) is 4.31 Å². The van der Waals surface area contributed by atoms with Crippen LogP contribution in [0.4, 0.5) is 0 Å². The molecule has 4 heteroatoms. The molecule has 13 heavy (non-hydrogen) atoms. The van der Waals surface area contributed by atoms with E-state index in [9.17, 15) is 8.42 Å². The molecule has 0 N–H and O–H groups in total. The fourth-order valence-electron chi connectivity index (χ4n) is 2.03. The highest BCUT2D eigenvalue weighted by atomic mass is 32.2. The van der Waals surface area contributed by atoms with E-state index in [4.69, 9.17) is 0 Å². The molecule has 1 unspecified atom stereocenters. The van der Waals surface area contributed by atoms with Crippen molar-refractivity contribution in [2.24, 2.45) is 0 Å². The standard InChI is InChI=1S/C9H19NO2S/c1-3-6-9-7-4-5-8-10(9)13(2,11)12/h9H,3-8H2,1-2H3. The van der Waals surface area contributed by atoms with E-state index in [1.165, 1.54) is 12.7 Å². The molecule has 0 amide bonds. The molecule has 78 valence electrons. The van der Waals surface area contributed by atoms with Gasteiger partial charge in [-0.15, -0.1) is 0 Å². The Morgan fingerprint density at radius 2 is 2.08 bits per heavy atom. The predicted molar refractivity (Wildman–Crippen MR) is 54.1 cm³/mol. The number of sulfonamides is 1. The summed E-state index contributed by atoms with van der Waals surface area (Å²) >= 11 is 0. The maximum absolute atomic E-state index is 11.4. The monoisotopic (exact) mass is 205 g/mol. The van der Waals surface area contributed by atoms with Gasteiger partial charge in [0.25, 0.3) is 0 Å². The summed E-state index contributed by atoms with van der Waals surface area (Å²) < 4.78 is 24.5. The molecular weight excluding hydrogens is 186 g/mol. The van der Waals surface area contributed by atoms with Crippen molar-refractivity contribution in [3.05, 3.63) is 0 Å². The minimum absolute atomic E-state index is 0.272. The van der Waals surface area contributed by atoms with E-state index >= 15 is 0 Å². The fourth-order valence-corrected chi connectivity index (χ4v) is 3.25. The summed E-state index contributed by atoms with van der Waals surface area (Å²) in [4.78, 5) is 0. The van der Waals surface area contributed by atoms with E-state index in [2.05, 4.69) is 6.92 Å². The third-order valence-corrected chi connectivity index (χ3v) is 3.95. The molecule has 0 aromatic carbocycles. The van der Waals surface area contributed by atoms with Gasteiger partial charge in [0.1, 0.15) is 0 Å². The van der Waals surface area contributed by atoms with Crippen molar-refractivity contribution in [1.29, 1.82) is 0 Å². The van der Waals surface area contributed by atoms with Crippen LogP contribution in [0.2, 0.25) is 0 Å². The molecule has 3 nitrogen and oxygen atoms in total. The maximum Gasteiger partial charge on any atom is 0.211 e. The van der Waals surface area contributed by atoms with Crippen LogP contribution in [0, 0.1) is 0 Å². The zero-order valence-corrected chi connectivity index (χ0v) is 9.31. The second kappa shape index (κ2) is 4.42. The first kappa shape index (κ1) is 11.0. The molecule has 0 saturated carbocycles. The molecule has 0 aromatic rings. The van der Waals surface area contributed by atoms with Crippen molar-refractivity contribution < 1.29 is 8.42 Å². The fraction of sp³-hybridized carbons (Fsp3) is 1.00. The van der Waals surface area contributed by atoms with Crippen LogP contribution in [-0.2, 0) is 10.0 Å². The first-order valence-electron chi connectivity index (χ1n) is 5.02. The van der Waals surface area contributed by atoms with Gasteiger partial charge in [-0.25, -0.2) is 8.42 Å². The minimum atomic E-state index is -2.96. The van der Waals surface area contributed by atoms with E-state index in [-0.39, 0.29) is 6.04 Å². The topological polar surface area (TPSA) is 37.4 Å². The van der Waals surface area contributed by atoms with Gasteiger partial charge in [-0.3, -0.25) is 0 Å². The van der Waals surface area contributed by atoms with Gasteiger partial charge in [0.2, 0.25) is 10.0 Å². The van der Waals surface area contributed by atoms with E-state index in [0.29, 0.717) is 0 Å². The lowest BCUT2D eigenvalue weighted by Crippen LogP contribution is -2.42. The SMILES string of the molecule is CCCC1CCCCN1S(C)(=O)=O. The molecule has 1 aliphatic heterocycles. The van der Waals surface area contributed by atoms with Crippen molar-refractivity contribution >= 4 is 10.0 Å². The predicted octanol–water partition coefficient (Wildman–Crippen LogP) is 1.60. The molecule has 0 aromatic heterocycles. The summed E-state index contributed by atoms with van der Waals surface area (Å²) in [5.74, 6) is 0. The Bertz CT molecular complexity index is 246. The summed E-state index contributed by atoms with van der Waals surface area (Å²) in [6, 6.07) is 0.272. The van der Waals surface area contributed by atoms with Crippen LogP contribution in [0.1, 0.15) is 39.0 Å². The van der Waals surface area contributed by atoms with Gasteiger partial charge in [-0.2, -0.15) is 4.31 Å². The van der Waals surface area contributed by atoms with Crippen LogP contribution < -0.4 is 0 Å². The van der Waals surface area contributed by atoms with Gasteiger partial charge in [0, 0.05) is 12.6 Å². The first-order valence-corrected chi connectivity index (χ1v) is 6.87. The Labute approximate surface area is 81.2 Å². The van der Waals surface area contributed by atoms with Crippen LogP contribution in [-0.4, -0.2) is 31.6 Å². The third kappa shape index (κ3) is 2.95. The summed E-state index contributed by atoms with van der Waals surface area (Å²) in [5.41, 5.74) is 0. The third-order valence-electron chi connectivity index (χ3n) is 2.62. The number of rotatable bonds is 3. The van der Waals surface area contributed by atoms with Gasteiger partial charge in [-0.1, -0.05) is 19.8 Å². The molecular formula is C9H19NO2S. The Balaban J connectivity index is 2.67. The van der Waals surface area contributed by atoms with Gasteiger partial charge < -0.3 is 0 Å².